The second kappa shape index (κ2) is 8.58. The number of aliphatic hydroxyl groups is 1. The minimum absolute atomic E-state index is 0.0389. The Morgan fingerprint density at radius 2 is 1.96 bits per heavy atom. The molecule has 1 aliphatic rings. The fraction of sp³-hybridized carbons (Fsp3) is 0.333. The highest BCUT2D eigenvalue weighted by atomic mass is 32.1. The molecule has 0 spiro atoms. The van der Waals surface area contributed by atoms with E-state index in [0.29, 0.717) is 17.2 Å². The Kier molecular flexibility index (Phi) is 6.16. The van der Waals surface area contributed by atoms with Crippen molar-refractivity contribution in [3.8, 4) is 5.75 Å². The summed E-state index contributed by atoms with van der Waals surface area (Å²) in [6.07, 6.45) is 0.0389. The van der Waals surface area contributed by atoms with Crippen molar-refractivity contribution in [1.82, 2.24) is 4.90 Å². The summed E-state index contributed by atoms with van der Waals surface area (Å²) in [6.45, 7) is 4.43. The van der Waals surface area contributed by atoms with Crippen LogP contribution in [0.4, 0.5) is 0 Å². The maximum atomic E-state index is 13.0. The fourth-order valence-electron chi connectivity index (χ4n) is 3.19. The first-order valence-electron chi connectivity index (χ1n) is 9.02. The summed E-state index contributed by atoms with van der Waals surface area (Å²) < 4.78 is 10.8. The Balaban J connectivity index is 2.00. The molecule has 0 bridgehead atoms. The average Bonchev–Trinajstić information content (AvgIpc) is 3.28. The lowest BCUT2D eigenvalue weighted by atomic mass is 9.95. The summed E-state index contributed by atoms with van der Waals surface area (Å²) in [5, 5.41) is 12.3. The largest absolute Gasteiger partial charge is 0.503 e. The number of thiophene rings is 1. The van der Waals surface area contributed by atoms with Crippen molar-refractivity contribution in [2.45, 2.75) is 26.0 Å². The molecule has 3 rings (SSSR count). The summed E-state index contributed by atoms with van der Waals surface area (Å²) >= 11 is 1.28. The van der Waals surface area contributed by atoms with E-state index in [1.54, 1.807) is 36.8 Å². The van der Waals surface area contributed by atoms with Crippen LogP contribution < -0.4 is 4.74 Å². The normalized spacial score (nSPS) is 16.9. The van der Waals surface area contributed by atoms with Gasteiger partial charge in [-0.15, -0.1) is 11.3 Å². The first-order valence-corrected chi connectivity index (χ1v) is 9.89. The van der Waals surface area contributed by atoms with Gasteiger partial charge in [-0.25, -0.2) is 0 Å². The first-order chi connectivity index (χ1) is 13.4. The van der Waals surface area contributed by atoms with Crippen LogP contribution >= 0.6 is 11.3 Å². The van der Waals surface area contributed by atoms with E-state index in [9.17, 15) is 14.7 Å². The van der Waals surface area contributed by atoms with E-state index in [2.05, 4.69) is 0 Å². The molecule has 0 aliphatic carbocycles. The van der Waals surface area contributed by atoms with Crippen LogP contribution in [0.1, 0.15) is 35.1 Å². The monoisotopic (exact) mass is 401 g/mol. The number of amides is 1. The molecule has 148 valence electrons. The maximum absolute atomic E-state index is 13.0. The summed E-state index contributed by atoms with van der Waals surface area (Å²) in [5.74, 6) is -0.703. The molecule has 1 unspecified atom stereocenters. The summed E-state index contributed by atoms with van der Waals surface area (Å²) in [7, 11) is 1.54. The molecule has 0 fully saturated rings. The molecule has 1 N–H and O–H groups in total. The van der Waals surface area contributed by atoms with Crippen LogP contribution in [0.15, 0.2) is 53.1 Å². The molecule has 1 aromatic heterocycles. The molecule has 1 aliphatic heterocycles. The van der Waals surface area contributed by atoms with Crippen molar-refractivity contribution in [1.29, 1.82) is 0 Å². The van der Waals surface area contributed by atoms with Gasteiger partial charge in [-0.1, -0.05) is 18.2 Å². The molecule has 2 aromatic rings. The van der Waals surface area contributed by atoms with E-state index in [4.69, 9.17) is 9.47 Å². The van der Waals surface area contributed by atoms with Gasteiger partial charge in [-0.3, -0.25) is 9.59 Å². The predicted octanol–water partition coefficient (Wildman–Crippen LogP) is 3.76. The molecule has 28 heavy (non-hydrogen) atoms. The van der Waals surface area contributed by atoms with Gasteiger partial charge in [0.05, 0.1) is 29.2 Å². The number of nitrogens with zero attached hydrogens (tertiary/aromatic N) is 1. The second-order valence-electron chi connectivity index (χ2n) is 6.70. The molecule has 1 atom stereocenters. The van der Waals surface area contributed by atoms with Gasteiger partial charge >= 0.3 is 0 Å². The molecule has 6 nitrogen and oxygen atoms in total. The number of hydrogen-bond acceptors (Lipinski definition) is 6. The van der Waals surface area contributed by atoms with E-state index >= 15 is 0 Å². The number of ether oxygens (including phenoxy) is 2. The molecule has 2 heterocycles. The van der Waals surface area contributed by atoms with Crippen LogP contribution in [0.2, 0.25) is 0 Å². The minimum Gasteiger partial charge on any atom is -0.503 e. The number of carbonyl (C=O) groups excluding carboxylic acids is 2. The Labute approximate surface area is 168 Å². The van der Waals surface area contributed by atoms with Gasteiger partial charge in [0.15, 0.2) is 5.76 Å². The first kappa shape index (κ1) is 20.1. The van der Waals surface area contributed by atoms with Crippen LogP contribution in [-0.2, 0) is 9.53 Å². The Hall–Kier alpha value is -2.64. The van der Waals surface area contributed by atoms with E-state index in [1.165, 1.54) is 16.2 Å². The van der Waals surface area contributed by atoms with Crippen LogP contribution in [0.3, 0.4) is 0 Å². The number of aliphatic hydroxyl groups excluding tert-OH is 1. The Morgan fingerprint density at radius 3 is 2.54 bits per heavy atom. The number of Topliss-reactive ketones (excluding diaryl/α,β-unsaturated/α-hetero) is 1. The van der Waals surface area contributed by atoms with Crippen LogP contribution in [0.5, 0.6) is 5.75 Å². The van der Waals surface area contributed by atoms with Crippen LogP contribution in [0.25, 0.3) is 0 Å². The average molecular weight is 401 g/mol. The number of benzene rings is 1. The van der Waals surface area contributed by atoms with Crippen LogP contribution in [-0.4, -0.2) is 48.1 Å². The highest BCUT2D eigenvalue weighted by Crippen LogP contribution is 2.39. The van der Waals surface area contributed by atoms with Crippen molar-refractivity contribution in [2.24, 2.45) is 0 Å². The number of rotatable bonds is 8. The molecule has 7 heteroatoms. The van der Waals surface area contributed by atoms with Gasteiger partial charge in [0.25, 0.3) is 5.91 Å². The molecular weight excluding hydrogens is 378 g/mol. The maximum Gasteiger partial charge on any atom is 0.290 e. The van der Waals surface area contributed by atoms with Crippen LogP contribution in [0, 0.1) is 0 Å². The number of hydrogen-bond donors (Lipinski definition) is 1. The van der Waals surface area contributed by atoms with Gasteiger partial charge < -0.3 is 19.5 Å². The van der Waals surface area contributed by atoms with Gasteiger partial charge in [-0.2, -0.15) is 0 Å². The SMILES string of the molecule is COCCN1C(=O)C(O)=C(C(=O)c2cccs2)C1c1ccc(OC(C)C)cc1. The zero-order valence-electron chi connectivity index (χ0n) is 16.0. The highest BCUT2D eigenvalue weighted by Gasteiger charge is 2.43. The van der Waals surface area contributed by atoms with Gasteiger partial charge in [0, 0.05) is 13.7 Å². The van der Waals surface area contributed by atoms with E-state index < -0.39 is 17.7 Å². The number of ketones is 1. The lowest BCUT2D eigenvalue weighted by molar-refractivity contribution is -0.130. The molecule has 0 radical (unpaired) electrons. The molecule has 0 saturated carbocycles. The lowest BCUT2D eigenvalue weighted by Gasteiger charge is -2.26. The van der Waals surface area contributed by atoms with Crippen molar-refractivity contribution in [3.63, 3.8) is 0 Å². The molecular formula is C21H23NO5S. The van der Waals surface area contributed by atoms with Gasteiger partial charge in [-0.05, 0) is 43.0 Å². The Bertz CT molecular complexity index is 871. The third kappa shape index (κ3) is 3.95. The molecule has 0 saturated heterocycles. The van der Waals surface area contributed by atoms with Crippen molar-refractivity contribution >= 4 is 23.0 Å². The number of carbonyl (C=O) groups is 2. The fourth-order valence-corrected chi connectivity index (χ4v) is 3.87. The topological polar surface area (TPSA) is 76.1 Å². The molecule has 1 aromatic carbocycles. The minimum atomic E-state index is -0.676. The standard InChI is InChI=1S/C21H23NO5S/c1-13(2)27-15-8-6-14(7-9-15)18-17(19(23)16-5-4-12-28-16)20(24)21(25)22(18)10-11-26-3/h4-9,12-13,18,24H,10-11H2,1-3H3. The van der Waals surface area contributed by atoms with Crippen molar-refractivity contribution in [3.05, 3.63) is 63.6 Å². The number of methoxy groups -OCH3 is 1. The molecule has 1 amide bonds. The summed E-state index contributed by atoms with van der Waals surface area (Å²) in [4.78, 5) is 27.7. The van der Waals surface area contributed by atoms with Crippen molar-refractivity contribution in [2.75, 3.05) is 20.3 Å². The zero-order chi connectivity index (χ0) is 20.3. The van der Waals surface area contributed by atoms with Crippen molar-refractivity contribution < 1.29 is 24.2 Å². The second-order valence-corrected chi connectivity index (χ2v) is 7.65. The quantitative estimate of drug-likeness (QED) is 0.682. The van der Waals surface area contributed by atoms with Gasteiger partial charge in [0.1, 0.15) is 5.75 Å². The predicted molar refractivity (Wildman–Crippen MR) is 107 cm³/mol. The third-order valence-corrected chi connectivity index (χ3v) is 5.27. The van der Waals surface area contributed by atoms with Gasteiger partial charge in [0.2, 0.25) is 5.78 Å². The third-order valence-electron chi connectivity index (χ3n) is 4.40. The summed E-state index contributed by atoms with van der Waals surface area (Å²) in [5.41, 5.74) is 0.825. The zero-order valence-corrected chi connectivity index (χ0v) is 16.9. The highest BCUT2D eigenvalue weighted by molar-refractivity contribution is 7.12. The van der Waals surface area contributed by atoms with E-state index in [-0.39, 0.29) is 24.0 Å². The lowest BCUT2D eigenvalue weighted by Crippen LogP contribution is -2.33. The van der Waals surface area contributed by atoms with E-state index in [1.807, 2.05) is 26.0 Å². The smallest absolute Gasteiger partial charge is 0.290 e. The van der Waals surface area contributed by atoms with E-state index in [0.717, 1.165) is 5.56 Å². The summed E-state index contributed by atoms with van der Waals surface area (Å²) in [6, 6.07) is 10.0. The Morgan fingerprint density at radius 1 is 1.25 bits per heavy atom.